The molecule has 1 aromatic rings. The third kappa shape index (κ3) is 4.61. The summed E-state index contributed by atoms with van der Waals surface area (Å²) in [4.78, 5) is 14.8. The minimum absolute atomic E-state index is 0.0916. The second-order valence-electron chi connectivity index (χ2n) is 6.68. The average Bonchev–Trinajstić information content (AvgIpc) is 2.63. The molecule has 0 aliphatic carbocycles. The fraction of sp³-hybridized carbons (Fsp3) is 0.632. The van der Waals surface area contributed by atoms with E-state index in [0.717, 1.165) is 32.1 Å². The highest BCUT2D eigenvalue weighted by Gasteiger charge is 2.28. The molecular weight excluding hydrogens is 336 g/mol. The van der Waals surface area contributed by atoms with Gasteiger partial charge in [0.05, 0.1) is 4.90 Å². The van der Waals surface area contributed by atoms with Gasteiger partial charge in [-0.1, -0.05) is 25.8 Å². The van der Waals surface area contributed by atoms with Crippen LogP contribution in [-0.4, -0.2) is 49.7 Å². The maximum atomic E-state index is 13.0. The first-order valence-electron chi connectivity index (χ1n) is 9.31. The van der Waals surface area contributed by atoms with E-state index in [4.69, 9.17) is 0 Å². The minimum atomic E-state index is -3.54. The van der Waals surface area contributed by atoms with Crippen LogP contribution in [0.25, 0.3) is 0 Å². The molecule has 0 saturated carbocycles. The largest absolute Gasteiger partial charge is 0.339 e. The van der Waals surface area contributed by atoms with Gasteiger partial charge < -0.3 is 4.90 Å². The fourth-order valence-electron chi connectivity index (χ4n) is 3.19. The van der Waals surface area contributed by atoms with Crippen molar-refractivity contribution >= 4 is 15.9 Å². The lowest BCUT2D eigenvalue weighted by Gasteiger charge is -2.27. The van der Waals surface area contributed by atoms with E-state index in [1.54, 1.807) is 34.3 Å². The molecule has 2 rings (SSSR count). The van der Waals surface area contributed by atoms with E-state index in [9.17, 15) is 13.2 Å². The molecule has 6 heteroatoms. The molecule has 140 valence electrons. The van der Waals surface area contributed by atoms with Gasteiger partial charge in [0.15, 0.2) is 0 Å². The molecule has 1 aliphatic rings. The highest BCUT2D eigenvalue weighted by atomic mass is 32.2. The lowest BCUT2D eigenvalue weighted by atomic mass is 10.1. The van der Waals surface area contributed by atoms with E-state index < -0.39 is 10.0 Å². The van der Waals surface area contributed by atoms with Gasteiger partial charge >= 0.3 is 0 Å². The molecule has 25 heavy (non-hydrogen) atoms. The third-order valence-corrected chi connectivity index (χ3v) is 6.86. The molecule has 1 aromatic carbocycles. The lowest BCUT2D eigenvalue weighted by molar-refractivity contribution is 0.0762. The Balaban J connectivity index is 2.31. The number of carbonyl (C=O) groups excluding carboxylic acids is 1. The second-order valence-corrected chi connectivity index (χ2v) is 8.59. The molecular formula is C19H30N2O3S. The predicted octanol–water partition coefficient (Wildman–Crippen LogP) is 3.43. The van der Waals surface area contributed by atoms with Gasteiger partial charge in [0.2, 0.25) is 10.0 Å². The average molecular weight is 367 g/mol. The van der Waals surface area contributed by atoms with Crippen molar-refractivity contribution in [3.63, 3.8) is 0 Å². The van der Waals surface area contributed by atoms with Crippen molar-refractivity contribution in [1.82, 2.24) is 9.21 Å². The standard InChI is InChI=1S/C19H30N2O3S/c1-4-6-12-20(5-2)19(22)17-11-10-16(3)18(15-17)25(23,24)21-13-8-7-9-14-21/h10-11,15H,4-9,12-14H2,1-3H3. The van der Waals surface area contributed by atoms with Crippen LogP contribution in [0.5, 0.6) is 0 Å². The Morgan fingerprint density at radius 3 is 2.44 bits per heavy atom. The molecule has 1 heterocycles. The van der Waals surface area contributed by atoms with E-state index in [-0.39, 0.29) is 10.8 Å². The zero-order valence-corrected chi connectivity index (χ0v) is 16.4. The molecule has 1 amide bonds. The van der Waals surface area contributed by atoms with Crippen LogP contribution in [0.15, 0.2) is 23.1 Å². The van der Waals surface area contributed by atoms with E-state index >= 15 is 0 Å². The van der Waals surface area contributed by atoms with E-state index in [2.05, 4.69) is 6.92 Å². The van der Waals surface area contributed by atoms with Gasteiger partial charge in [-0.15, -0.1) is 0 Å². The lowest BCUT2D eigenvalue weighted by Crippen LogP contribution is -2.36. The topological polar surface area (TPSA) is 57.7 Å². The predicted molar refractivity (Wildman–Crippen MR) is 100 cm³/mol. The van der Waals surface area contributed by atoms with Gasteiger partial charge in [0.1, 0.15) is 0 Å². The van der Waals surface area contributed by atoms with Crippen LogP contribution >= 0.6 is 0 Å². The summed E-state index contributed by atoms with van der Waals surface area (Å²) in [5.41, 5.74) is 1.15. The molecule has 0 bridgehead atoms. The van der Waals surface area contributed by atoms with Crippen LogP contribution in [0.4, 0.5) is 0 Å². The van der Waals surface area contributed by atoms with Gasteiger partial charge in [0, 0.05) is 31.7 Å². The summed E-state index contributed by atoms with van der Waals surface area (Å²) >= 11 is 0. The van der Waals surface area contributed by atoms with Crippen molar-refractivity contribution in [1.29, 1.82) is 0 Å². The zero-order chi connectivity index (χ0) is 18.4. The van der Waals surface area contributed by atoms with Crippen molar-refractivity contribution in [2.24, 2.45) is 0 Å². The van der Waals surface area contributed by atoms with Crippen LogP contribution in [0.1, 0.15) is 61.9 Å². The van der Waals surface area contributed by atoms with Gasteiger partial charge in [-0.25, -0.2) is 8.42 Å². The van der Waals surface area contributed by atoms with Gasteiger partial charge in [-0.3, -0.25) is 4.79 Å². The first-order chi connectivity index (χ1) is 11.9. The van der Waals surface area contributed by atoms with Gasteiger partial charge in [-0.2, -0.15) is 4.31 Å². The number of piperidine rings is 1. The van der Waals surface area contributed by atoms with E-state index in [1.807, 2.05) is 6.92 Å². The molecule has 0 spiro atoms. The van der Waals surface area contributed by atoms with Crippen LogP contribution in [0, 0.1) is 6.92 Å². The third-order valence-electron chi connectivity index (χ3n) is 4.82. The Hall–Kier alpha value is -1.40. The Morgan fingerprint density at radius 2 is 1.84 bits per heavy atom. The van der Waals surface area contributed by atoms with Crippen molar-refractivity contribution in [2.75, 3.05) is 26.2 Å². The minimum Gasteiger partial charge on any atom is -0.339 e. The van der Waals surface area contributed by atoms with Crippen LogP contribution in [0.2, 0.25) is 0 Å². The Labute approximate surface area is 152 Å². The quantitative estimate of drug-likeness (QED) is 0.743. The number of hydrogen-bond acceptors (Lipinski definition) is 3. The number of rotatable bonds is 7. The van der Waals surface area contributed by atoms with Crippen molar-refractivity contribution in [3.05, 3.63) is 29.3 Å². The second kappa shape index (κ2) is 8.81. The maximum absolute atomic E-state index is 13.0. The first-order valence-corrected chi connectivity index (χ1v) is 10.8. The molecule has 0 aromatic heterocycles. The molecule has 0 N–H and O–H groups in total. The van der Waals surface area contributed by atoms with Crippen LogP contribution in [-0.2, 0) is 10.0 Å². The van der Waals surface area contributed by atoms with Crippen molar-refractivity contribution in [2.45, 2.75) is 57.8 Å². The SMILES string of the molecule is CCCCN(CC)C(=O)c1ccc(C)c(S(=O)(=O)N2CCCCC2)c1. The molecule has 1 aliphatic heterocycles. The molecule has 1 fully saturated rings. The number of nitrogens with zero attached hydrogens (tertiary/aromatic N) is 2. The first kappa shape index (κ1) is 19.9. The number of sulfonamides is 1. The summed E-state index contributed by atoms with van der Waals surface area (Å²) in [5.74, 6) is -0.0916. The highest BCUT2D eigenvalue weighted by Crippen LogP contribution is 2.25. The monoisotopic (exact) mass is 366 g/mol. The molecule has 0 atom stereocenters. The van der Waals surface area contributed by atoms with Crippen molar-refractivity contribution < 1.29 is 13.2 Å². The van der Waals surface area contributed by atoms with Crippen molar-refractivity contribution in [3.8, 4) is 0 Å². The Bertz CT molecular complexity index is 695. The summed E-state index contributed by atoms with van der Waals surface area (Å²) in [6, 6.07) is 5.05. The number of aryl methyl sites for hydroxylation is 1. The van der Waals surface area contributed by atoms with Crippen LogP contribution < -0.4 is 0 Å². The highest BCUT2D eigenvalue weighted by molar-refractivity contribution is 7.89. The fourth-order valence-corrected chi connectivity index (χ4v) is 4.96. The number of hydrogen-bond donors (Lipinski definition) is 0. The summed E-state index contributed by atoms with van der Waals surface area (Å²) in [6.45, 7) is 8.30. The smallest absolute Gasteiger partial charge is 0.253 e. The Morgan fingerprint density at radius 1 is 1.16 bits per heavy atom. The zero-order valence-electron chi connectivity index (χ0n) is 15.6. The van der Waals surface area contributed by atoms with Gasteiger partial charge in [0.25, 0.3) is 5.91 Å². The molecule has 1 saturated heterocycles. The molecule has 0 radical (unpaired) electrons. The molecule has 5 nitrogen and oxygen atoms in total. The number of unbranched alkanes of at least 4 members (excludes halogenated alkanes) is 1. The maximum Gasteiger partial charge on any atom is 0.253 e. The van der Waals surface area contributed by atoms with Gasteiger partial charge in [-0.05, 0) is 50.8 Å². The summed E-state index contributed by atoms with van der Waals surface area (Å²) in [5, 5.41) is 0. The number of carbonyl (C=O) groups is 1. The number of benzene rings is 1. The summed E-state index contributed by atoms with van der Waals surface area (Å²) in [6.07, 6.45) is 4.85. The number of amides is 1. The summed E-state index contributed by atoms with van der Waals surface area (Å²) in [7, 11) is -3.54. The normalized spacial score (nSPS) is 16.0. The Kier molecular flexibility index (Phi) is 7.02. The van der Waals surface area contributed by atoms with Crippen LogP contribution in [0.3, 0.4) is 0 Å². The van der Waals surface area contributed by atoms with E-state index in [1.165, 1.54) is 0 Å². The summed E-state index contributed by atoms with van der Waals surface area (Å²) < 4.78 is 27.5. The van der Waals surface area contributed by atoms with E-state index in [0.29, 0.717) is 37.3 Å². The molecule has 0 unspecified atom stereocenters.